The molecule has 2 fully saturated rings. The van der Waals surface area contributed by atoms with Gasteiger partial charge in [-0.3, -0.25) is 4.79 Å². The number of pyridine rings is 1. The lowest BCUT2D eigenvalue weighted by molar-refractivity contribution is 0.0695. The smallest absolute Gasteiger partial charge is 0.341 e. The van der Waals surface area contributed by atoms with Crippen molar-refractivity contribution in [3.63, 3.8) is 0 Å². The van der Waals surface area contributed by atoms with Gasteiger partial charge in [0.15, 0.2) is 0 Å². The van der Waals surface area contributed by atoms with Crippen molar-refractivity contribution >= 4 is 34.2 Å². The lowest BCUT2D eigenvalue weighted by Gasteiger charge is -2.28. The van der Waals surface area contributed by atoms with Crippen molar-refractivity contribution in [3.8, 4) is 0 Å². The van der Waals surface area contributed by atoms with Crippen LogP contribution in [0.5, 0.6) is 0 Å². The van der Waals surface area contributed by atoms with E-state index in [4.69, 9.17) is 11.6 Å². The number of carboxylic acids is 1. The Labute approximate surface area is 177 Å². The number of carboxylic acid groups (broad SMARTS) is 1. The number of benzene rings is 1. The number of rotatable bonds is 4. The predicted molar refractivity (Wildman–Crippen MR) is 114 cm³/mol. The molecule has 1 aromatic heterocycles. The van der Waals surface area contributed by atoms with Crippen LogP contribution in [-0.2, 0) is 0 Å². The van der Waals surface area contributed by atoms with Crippen LogP contribution in [0.3, 0.4) is 0 Å². The average Bonchev–Trinajstić information content (AvgIpc) is 3.46. The zero-order chi connectivity index (χ0) is 21.2. The molecule has 0 bridgehead atoms. The van der Waals surface area contributed by atoms with Gasteiger partial charge in [0.05, 0.1) is 21.6 Å². The zero-order valence-corrected chi connectivity index (χ0v) is 17.3. The molecule has 2 heterocycles. The summed E-state index contributed by atoms with van der Waals surface area (Å²) in [5, 5.41) is 13.0. The molecule has 2 aromatic rings. The van der Waals surface area contributed by atoms with Crippen molar-refractivity contribution in [2.45, 2.75) is 31.3 Å². The van der Waals surface area contributed by atoms with Gasteiger partial charge in [0.1, 0.15) is 11.4 Å². The Balaban J connectivity index is 1.67. The van der Waals surface area contributed by atoms with E-state index in [2.05, 4.69) is 17.5 Å². The number of anilines is 1. The van der Waals surface area contributed by atoms with Gasteiger partial charge in [-0.1, -0.05) is 23.8 Å². The summed E-state index contributed by atoms with van der Waals surface area (Å²) in [5.74, 6) is -1.24. The summed E-state index contributed by atoms with van der Waals surface area (Å²) < 4.78 is 17.0. The van der Waals surface area contributed by atoms with Crippen LogP contribution in [-0.4, -0.2) is 41.8 Å². The standard InChI is InChI=1S/C22H23ClFN3O3/c1-25-17-4-2-3-11-8-26(9-14(11)17)20-16(24)7-13-19(18(20)23)27(12-5-6-12)10-15(21(13)28)22(29)30/h2-3,7,10-12,14,17,25H,4-6,8-9H2,1H3,(H,29,30). The Morgan fingerprint density at radius 3 is 2.77 bits per heavy atom. The fourth-order valence-electron chi connectivity index (χ4n) is 5.09. The lowest BCUT2D eigenvalue weighted by Crippen LogP contribution is -2.39. The maximum Gasteiger partial charge on any atom is 0.341 e. The molecule has 0 spiro atoms. The lowest BCUT2D eigenvalue weighted by atomic mass is 9.83. The molecule has 5 rings (SSSR count). The second-order valence-electron chi connectivity index (χ2n) is 8.52. The molecule has 1 aliphatic heterocycles. The van der Waals surface area contributed by atoms with E-state index in [0.717, 1.165) is 25.3 Å². The van der Waals surface area contributed by atoms with Crippen LogP contribution in [0.4, 0.5) is 10.1 Å². The zero-order valence-electron chi connectivity index (χ0n) is 16.6. The summed E-state index contributed by atoms with van der Waals surface area (Å²) in [6.07, 6.45) is 8.43. The molecular weight excluding hydrogens is 409 g/mol. The van der Waals surface area contributed by atoms with Gasteiger partial charge in [0, 0.05) is 37.3 Å². The summed E-state index contributed by atoms with van der Waals surface area (Å²) in [6.45, 7) is 1.33. The molecule has 1 aromatic carbocycles. The van der Waals surface area contributed by atoms with Crippen molar-refractivity contribution in [1.82, 2.24) is 9.88 Å². The normalized spacial score (nSPS) is 25.7. The monoisotopic (exact) mass is 431 g/mol. The summed E-state index contributed by atoms with van der Waals surface area (Å²) in [4.78, 5) is 26.3. The molecule has 3 atom stereocenters. The van der Waals surface area contributed by atoms with Gasteiger partial charge in [-0.05, 0) is 38.3 Å². The van der Waals surface area contributed by atoms with Gasteiger partial charge in [0.2, 0.25) is 5.43 Å². The Kier molecular flexibility index (Phi) is 4.63. The fourth-order valence-corrected chi connectivity index (χ4v) is 5.50. The van der Waals surface area contributed by atoms with Crippen LogP contribution in [0.1, 0.15) is 35.7 Å². The molecule has 30 heavy (non-hydrogen) atoms. The molecular formula is C22H23ClFN3O3. The number of aromatic nitrogens is 1. The topological polar surface area (TPSA) is 74.6 Å². The average molecular weight is 432 g/mol. The molecule has 1 saturated carbocycles. The van der Waals surface area contributed by atoms with E-state index in [1.807, 2.05) is 11.9 Å². The highest BCUT2D eigenvalue weighted by atomic mass is 35.5. The van der Waals surface area contributed by atoms with Crippen molar-refractivity contribution in [1.29, 1.82) is 0 Å². The molecule has 3 aliphatic rings. The fraction of sp³-hybridized carbons (Fsp3) is 0.455. The predicted octanol–water partition coefficient (Wildman–Crippen LogP) is 3.43. The molecule has 1 saturated heterocycles. The van der Waals surface area contributed by atoms with Crippen LogP contribution in [0.2, 0.25) is 5.02 Å². The van der Waals surface area contributed by atoms with E-state index in [9.17, 15) is 14.7 Å². The van der Waals surface area contributed by atoms with Crippen LogP contribution >= 0.6 is 11.6 Å². The third kappa shape index (κ3) is 2.94. The molecule has 8 heteroatoms. The van der Waals surface area contributed by atoms with E-state index in [0.29, 0.717) is 42.2 Å². The van der Waals surface area contributed by atoms with E-state index in [1.54, 1.807) is 4.57 Å². The van der Waals surface area contributed by atoms with E-state index < -0.39 is 17.2 Å². The summed E-state index contributed by atoms with van der Waals surface area (Å²) in [6, 6.07) is 1.58. The minimum Gasteiger partial charge on any atom is -0.477 e. The quantitative estimate of drug-likeness (QED) is 0.725. The van der Waals surface area contributed by atoms with Gasteiger partial charge in [0.25, 0.3) is 0 Å². The second kappa shape index (κ2) is 7.10. The maximum atomic E-state index is 15.3. The summed E-state index contributed by atoms with van der Waals surface area (Å²) in [7, 11) is 1.95. The van der Waals surface area contributed by atoms with Crippen molar-refractivity contribution in [2.24, 2.45) is 11.8 Å². The minimum absolute atomic E-state index is 0.0256. The van der Waals surface area contributed by atoms with E-state index in [1.165, 1.54) is 6.20 Å². The first-order chi connectivity index (χ1) is 14.4. The van der Waals surface area contributed by atoms with Gasteiger partial charge in [-0.15, -0.1) is 0 Å². The first-order valence-electron chi connectivity index (χ1n) is 10.3. The van der Waals surface area contributed by atoms with Crippen LogP contribution in [0.15, 0.2) is 29.2 Å². The van der Waals surface area contributed by atoms with Crippen molar-refractivity contribution in [3.05, 3.63) is 51.0 Å². The van der Waals surface area contributed by atoms with Crippen molar-refractivity contribution in [2.75, 3.05) is 25.0 Å². The van der Waals surface area contributed by atoms with Gasteiger partial charge in [-0.25, -0.2) is 9.18 Å². The Morgan fingerprint density at radius 2 is 2.10 bits per heavy atom. The first kappa shape index (κ1) is 19.6. The number of nitrogens with zero attached hydrogens (tertiary/aromatic N) is 2. The molecule has 158 valence electrons. The Bertz CT molecular complexity index is 1140. The highest BCUT2D eigenvalue weighted by Gasteiger charge is 2.39. The number of hydrogen-bond acceptors (Lipinski definition) is 4. The highest BCUT2D eigenvalue weighted by Crippen LogP contribution is 2.44. The molecule has 3 unspecified atom stereocenters. The summed E-state index contributed by atoms with van der Waals surface area (Å²) >= 11 is 6.75. The van der Waals surface area contributed by atoms with Gasteiger partial charge >= 0.3 is 5.97 Å². The highest BCUT2D eigenvalue weighted by molar-refractivity contribution is 6.38. The number of hydrogen-bond donors (Lipinski definition) is 2. The van der Waals surface area contributed by atoms with Crippen LogP contribution in [0.25, 0.3) is 10.9 Å². The third-order valence-corrected chi connectivity index (χ3v) is 7.10. The van der Waals surface area contributed by atoms with Gasteiger partial charge in [-0.2, -0.15) is 0 Å². The van der Waals surface area contributed by atoms with Crippen LogP contribution in [0, 0.1) is 17.7 Å². The molecule has 2 N–H and O–H groups in total. The minimum atomic E-state index is -1.31. The summed E-state index contributed by atoms with van der Waals surface area (Å²) in [5.41, 5.74) is -0.318. The first-order valence-corrected chi connectivity index (χ1v) is 10.7. The maximum absolute atomic E-state index is 15.3. The molecule has 0 radical (unpaired) electrons. The van der Waals surface area contributed by atoms with E-state index in [-0.39, 0.29) is 22.0 Å². The Hall–Kier alpha value is -2.38. The number of carbonyl (C=O) groups is 1. The molecule has 0 amide bonds. The largest absolute Gasteiger partial charge is 0.477 e. The third-order valence-electron chi connectivity index (χ3n) is 6.74. The number of aromatic carboxylic acids is 1. The molecule has 6 nitrogen and oxygen atoms in total. The Morgan fingerprint density at radius 1 is 1.33 bits per heavy atom. The molecule has 2 aliphatic carbocycles. The van der Waals surface area contributed by atoms with Crippen LogP contribution < -0.4 is 15.6 Å². The number of halogens is 2. The second-order valence-corrected chi connectivity index (χ2v) is 8.90. The number of nitrogens with one attached hydrogen (secondary N) is 1. The van der Waals surface area contributed by atoms with Gasteiger partial charge < -0.3 is 19.9 Å². The van der Waals surface area contributed by atoms with E-state index >= 15 is 4.39 Å². The SMILES string of the molecule is CNC1CC=CC2CN(c3c(F)cc4c(=O)c(C(=O)O)cn(C5CC5)c4c3Cl)CC21. The number of fused-ring (bicyclic) bond motifs is 2. The van der Waals surface area contributed by atoms with Crippen molar-refractivity contribution < 1.29 is 14.3 Å².